The first-order valence-electron chi connectivity index (χ1n) is 7.30. The Bertz CT molecular complexity index is 512. The molecule has 1 aromatic rings. The molecule has 0 atom stereocenters. The summed E-state index contributed by atoms with van der Waals surface area (Å²) < 4.78 is 0. The van der Waals surface area contributed by atoms with E-state index in [2.05, 4.69) is 0 Å². The summed E-state index contributed by atoms with van der Waals surface area (Å²) in [5, 5.41) is 8.96. The number of carboxylic acids is 1. The lowest BCUT2D eigenvalue weighted by molar-refractivity contribution is -0.129. The van der Waals surface area contributed by atoms with Crippen LogP contribution in [-0.4, -0.2) is 40.7 Å². The van der Waals surface area contributed by atoms with Gasteiger partial charge in [0.25, 0.3) is 0 Å². The molecular weight excluding hydrogens is 286 g/mol. The fourth-order valence-corrected chi connectivity index (χ4v) is 3.52. The zero-order valence-electron chi connectivity index (χ0n) is 12.2. The van der Waals surface area contributed by atoms with Crippen LogP contribution in [0.25, 0.3) is 0 Å². The monoisotopic (exact) mass is 307 g/mol. The minimum atomic E-state index is -0.942. The van der Waals surface area contributed by atoms with Gasteiger partial charge in [0, 0.05) is 18.0 Å². The minimum Gasteiger partial charge on any atom is -0.478 e. The topological polar surface area (TPSA) is 57.6 Å². The maximum Gasteiger partial charge on any atom is 0.335 e. The van der Waals surface area contributed by atoms with Crippen molar-refractivity contribution in [1.29, 1.82) is 0 Å². The van der Waals surface area contributed by atoms with Gasteiger partial charge >= 0.3 is 5.97 Å². The molecule has 0 saturated heterocycles. The Morgan fingerprint density at radius 1 is 1.29 bits per heavy atom. The average Bonchev–Trinajstić information content (AvgIpc) is 2.53. The largest absolute Gasteiger partial charge is 0.478 e. The van der Waals surface area contributed by atoms with Crippen molar-refractivity contribution in [3.8, 4) is 0 Å². The van der Waals surface area contributed by atoms with E-state index in [-0.39, 0.29) is 11.5 Å². The number of hydrogen-bond donors (Lipinski definition) is 1. The highest BCUT2D eigenvalue weighted by atomic mass is 32.2. The van der Waals surface area contributed by atoms with Gasteiger partial charge in [-0.25, -0.2) is 4.79 Å². The van der Waals surface area contributed by atoms with E-state index in [1.807, 2.05) is 18.0 Å². The van der Waals surface area contributed by atoms with Gasteiger partial charge < -0.3 is 10.0 Å². The van der Waals surface area contributed by atoms with E-state index < -0.39 is 5.97 Å². The van der Waals surface area contributed by atoms with Crippen molar-refractivity contribution >= 4 is 23.6 Å². The second-order valence-electron chi connectivity index (χ2n) is 5.42. The number of carbonyl (C=O) groups excluding carboxylic acids is 1. The van der Waals surface area contributed by atoms with E-state index in [0.29, 0.717) is 11.8 Å². The zero-order valence-corrected chi connectivity index (χ0v) is 13.1. The summed E-state index contributed by atoms with van der Waals surface area (Å²) in [6.07, 6.45) is 5.88. The Labute approximate surface area is 129 Å². The second kappa shape index (κ2) is 7.50. The molecule has 0 radical (unpaired) electrons. The number of aromatic carboxylic acids is 1. The van der Waals surface area contributed by atoms with Crippen molar-refractivity contribution in [2.75, 3.05) is 12.8 Å². The highest BCUT2D eigenvalue weighted by molar-refractivity contribution is 8.00. The van der Waals surface area contributed by atoms with Crippen LogP contribution in [0.4, 0.5) is 0 Å². The van der Waals surface area contributed by atoms with Gasteiger partial charge in [-0.3, -0.25) is 4.79 Å². The van der Waals surface area contributed by atoms with Gasteiger partial charge in [-0.05, 0) is 31.0 Å². The first-order chi connectivity index (χ1) is 10.1. The molecule has 1 N–H and O–H groups in total. The van der Waals surface area contributed by atoms with E-state index in [1.54, 1.807) is 18.2 Å². The van der Waals surface area contributed by atoms with Gasteiger partial charge in [-0.2, -0.15) is 0 Å². The number of nitrogens with zero attached hydrogens (tertiary/aromatic N) is 1. The zero-order chi connectivity index (χ0) is 15.2. The number of amides is 1. The average molecular weight is 307 g/mol. The molecule has 0 aliphatic heterocycles. The molecule has 1 fully saturated rings. The number of benzene rings is 1. The van der Waals surface area contributed by atoms with Crippen molar-refractivity contribution in [1.82, 2.24) is 4.90 Å². The summed E-state index contributed by atoms with van der Waals surface area (Å²) in [6, 6.07) is 7.09. The van der Waals surface area contributed by atoms with E-state index in [0.717, 1.165) is 17.7 Å². The Kier molecular flexibility index (Phi) is 5.67. The Morgan fingerprint density at radius 2 is 2.00 bits per heavy atom. The summed E-state index contributed by atoms with van der Waals surface area (Å²) in [7, 11) is 1.88. The molecule has 1 saturated carbocycles. The summed E-state index contributed by atoms with van der Waals surface area (Å²) in [6.45, 7) is 0. The molecule has 114 valence electrons. The van der Waals surface area contributed by atoms with Crippen molar-refractivity contribution < 1.29 is 14.7 Å². The van der Waals surface area contributed by atoms with E-state index >= 15 is 0 Å². The molecule has 0 heterocycles. The predicted octanol–water partition coefficient (Wildman–Crippen LogP) is 3.27. The molecule has 5 heteroatoms. The standard InChI is InChI=1S/C16H21NO3S/c1-17(13-7-3-2-4-8-13)15(18)11-21-14-9-5-6-12(10-14)16(19)20/h5-6,9-10,13H,2-4,7-8,11H2,1H3,(H,19,20). The lowest BCUT2D eigenvalue weighted by Gasteiger charge is -2.31. The van der Waals surface area contributed by atoms with Gasteiger partial charge in [-0.1, -0.05) is 25.3 Å². The maximum atomic E-state index is 12.2. The maximum absolute atomic E-state index is 12.2. The first-order valence-corrected chi connectivity index (χ1v) is 8.28. The van der Waals surface area contributed by atoms with E-state index in [4.69, 9.17) is 5.11 Å². The molecule has 21 heavy (non-hydrogen) atoms. The molecule has 1 amide bonds. The molecule has 1 aliphatic rings. The van der Waals surface area contributed by atoms with Crippen LogP contribution in [0.3, 0.4) is 0 Å². The summed E-state index contributed by atoms with van der Waals surface area (Å²) in [4.78, 5) is 25.8. The lowest BCUT2D eigenvalue weighted by atomic mass is 9.94. The smallest absolute Gasteiger partial charge is 0.335 e. The van der Waals surface area contributed by atoms with Crippen LogP contribution in [0.5, 0.6) is 0 Å². The fraction of sp³-hybridized carbons (Fsp3) is 0.500. The number of carbonyl (C=O) groups is 2. The Hall–Kier alpha value is -1.49. The molecule has 0 bridgehead atoms. The SMILES string of the molecule is CN(C(=O)CSc1cccc(C(=O)O)c1)C1CCCCC1. The Morgan fingerprint density at radius 3 is 2.67 bits per heavy atom. The van der Waals surface area contributed by atoms with E-state index in [9.17, 15) is 9.59 Å². The molecule has 4 nitrogen and oxygen atoms in total. The second-order valence-corrected chi connectivity index (χ2v) is 6.47. The van der Waals surface area contributed by atoms with Gasteiger partial charge in [0.05, 0.1) is 11.3 Å². The third kappa shape index (κ3) is 4.49. The highest BCUT2D eigenvalue weighted by Crippen LogP contribution is 2.24. The number of thioether (sulfide) groups is 1. The van der Waals surface area contributed by atoms with Crippen molar-refractivity contribution in [3.63, 3.8) is 0 Å². The van der Waals surface area contributed by atoms with Crippen molar-refractivity contribution in [2.45, 2.75) is 43.0 Å². The Balaban J connectivity index is 1.88. The van der Waals surface area contributed by atoms with Gasteiger partial charge in [0.15, 0.2) is 0 Å². The third-order valence-electron chi connectivity index (χ3n) is 3.96. The van der Waals surface area contributed by atoms with Crippen LogP contribution < -0.4 is 0 Å². The number of hydrogen-bond acceptors (Lipinski definition) is 3. The molecule has 0 spiro atoms. The number of carboxylic acid groups (broad SMARTS) is 1. The van der Waals surface area contributed by atoms with Crippen molar-refractivity contribution in [2.24, 2.45) is 0 Å². The van der Waals surface area contributed by atoms with Crippen LogP contribution in [0.2, 0.25) is 0 Å². The molecular formula is C16H21NO3S. The lowest BCUT2D eigenvalue weighted by Crippen LogP contribution is -2.39. The molecule has 1 aromatic carbocycles. The molecule has 0 unspecified atom stereocenters. The summed E-state index contributed by atoms with van der Waals surface area (Å²) in [5.74, 6) is -0.466. The van der Waals surface area contributed by atoms with Gasteiger partial charge in [-0.15, -0.1) is 11.8 Å². The quantitative estimate of drug-likeness (QED) is 0.848. The molecule has 2 rings (SSSR count). The molecule has 1 aliphatic carbocycles. The number of rotatable bonds is 5. The highest BCUT2D eigenvalue weighted by Gasteiger charge is 2.21. The summed E-state index contributed by atoms with van der Waals surface area (Å²) in [5.41, 5.74) is 0.257. The van der Waals surface area contributed by atoms with Crippen LogP contribution >= 0.6 is 11.8 Å². The van der Waals surface area contributed by atoms with Gasteiger partial charge in [0.1, 0.15) is 0 Å². The van der Waals surface area contributed by atoms with Crippen molar-refractivity contribution in [3.05, 3.63) is 29.8 Å². The minimum absolute atomic E-state index is 0.118. The predicted molar refractivity (Wildman–Crippen MR) is 83.8 cm³/mol. The van der Waals surface area contributed by atoms with Crippen LogP contribution in [0.15, 0.2) is 29.2 Å². The van der Waals surface area contributed by atoms with Gasteiger partial charge in [0.2, 0.25) is 5.91 Å². The van der Waals surface area contributed by atoms with Crippen LogP contribution in [-0.2, 0) is 4.79 Å². The third-order valence-corrected chi connectivity index (χ3v) is 4.94. The van der Waals surface area contributed by atoms with E-state index in [1.165, 1.54) is 31.0 Å². The van der Waals surface area contributed by atoms with Crippen LogP contribution in [0, 0.1) is 0 Å². The summed E-state index contributed by atoms with van der Waals surface area (Å²) >= 11 is 1.40. The first kappa shape index (κ1) is 15.9. The molecule has 0 aromatic heterocycles. The van der Waals surface area contributed by atoms with Crippen LogP contribution in [0.1, 0.15) is 42.5 Å². The fourth-order valence-electron chi connectivity index (χ4n) is 2.64. The normalized spacial score (nSPS) is 15.7.